The summed E-state index contributed by atoms with van der Waals surface area (Å²) in [7, 11) is -3.92. The number of non-ortho nitro benzene ring substituents is 1. The summed E-state index contributed by atoms with van der Waals surface area (Å²) in [5.74, 6) is 0.0623. The first-order chi connectivity index (χ1) is 9.79. The molecule has 2 N–H and O–H groups in total. The Hall–Kier alpha value is -1.22. The number of nitro groups is 1. The monoisotopic (exact) mass is 334 g/mol. The standard InChI is InChI=1S/C12H15ClN2O5S/c13-11-4-2-9(15(17)18)6-12(11)21(19,20)14-7-8-1-3-10(16)5-8/h2,4,6,8,10,14,16H,1,3,5,7H2. The molecule has 21 heavy (non-hydrogen) atoms. The SMILES string of the molecule is O=[N+]([O-])c1ccc(Cl)c(S(=O)(=O)NCC2CCC(O)C2)c1. The van der Waals surface area contributed by atoms with Gasteiger partial charge < -0.3 is 5.11 Å². The predicted octanol–water partition coefficient (Wildman–Crippen LogP) is 1.69. The third-order valence-electron chi connectivity index (χ3n) is 3.49. The minimum Gasteiger partial charge on any atom is -0.393 e. The van der Waals surface area contributed by atoms with Gasteiger partial charge in [0, 0.05) is 18.7 Å². The Morgan fingerprint density at radius 3 is 2.71 bits per heavy atom. The zero-order valence-corrected chi connectivity index (χ0v) is 12.6. The predicted molar refractivity (Wildman–Crippen MR) is 76.6 cm³/mol. The molecule has 0 spiro atoms. The number of aliphatic hydroxyl groups is 1. The first kappa shape index (κ1) is 16.2. The molecule has 2 unspecified atom stereocenters. The van der Waals surface area contributed by atoms with Gasteiger partial charge in [0.25, 0.3) is 5.69 Å². The van der Waals surface area contributed by atoms with Crippen molar-refractivity contribution in [2.45, 2.75) is 30.3 Å². The molecule has 0 saturated heterocycles. The van der Waals surface area contributed by atoms with Crippen LogP contribution in [0.2, 0.25) is 5.02 Å². The van der Waals surface area contributed by atoms with Gasteiger partial charge in [0.2, 0.25) is 10.0 Å². The maximum atomic E-state index is 12.2. The molecule has 0 amide bonds. The van der Waals surface area contributed by atoms with E-state index in [1.807, 2.05) is 0 Å². The zero-order chi connectivity index (χ0) is 15.6. The van der Waals surface area contributed by atoms with Crippen molar-refractivity contribution in [3.05, 3.63) is 33.3 Å². The molecule has 7 nitrogen and oxygen atoms in total. The highest BCUT2D eigenvalue weighted by molar-refractivity contribution is 7.89. The summed E-state index contributed by atoms with van der Waals surface area (Å²) in [5.41, 5.74) is -0.337. The normalized spacial score (nSPS) is 22.4. The zero-order valence-electron chi connectivity index (χ0n) is 11.0. The number of hydrogen-bond donors (Lipinski definition) is 2. The van der Waals surface area contributed by atoms with Gasteiger partial charge in [-0.3, -0.25) is 10.1 Å². The molecule has 2 atom stereocenters. The molecule has 1 aromatic carbocycles. The maximum Gasteiger partial charge on any atom is 0.270 e. The molecule has 1 aromatic rings. The lowest BCUT2D eigenvalue weighted by atomic mass is 10.1. The van der Waals surface area contributed by atoms with E-state index in [1.54, 1.807) is 0 Å². The van der Waals surface area contributed by atoms with Crippen LogP contribution in [0.25, 0.3) is 0 Å². The van der Waals surface area contributed by atoms with Gasteiger partial charge in [-0.25, -0.2) is 13.1 Å². The number of nitrogens with one attached hydrogen (secondary N) is 1. The number of halogens is 1. The summed E-state index contributed by atoms with van der Waals surface area (Å²) in [6.45, 7) is 0.179. The number of benzene rings is 1. The number of rotatable bonds is 5. The van der Waals surface area contributed by atoms with E-state index in [9.17, 15) is 23.6 Å². The van der Waals surface area contributed by atoms with Gasteiger partial charge in [-0.1, -0.05) is 11.6 Å². The molecule has 1 aliphatic carbocycles. The van der Waals surface area contributed by atoms with Gasteiger partial charge in [-0.15, -0.1) is 0 Å². The summed E-state index contributed by atoms with van der Waals surface area (Å²) in [6.07, 6.45) is 1.56. The number of nitro benzene ring substituents is 1. The topological polar surface area (TPSA) is 110 Å². The van der Waals surface area contributed by atoms with Gasteiger partial charge in [0.15, 0.2) is 0 Å². The highest BCUT2D eigenvalue weighted by Gasteiger charge is 2.26. The van der Waals surface area contributed by atoms with Crippen LogP contribution in [0.15, 0.2) is 23.1 Å². The number of sulfonamides is 1. The lowest BCUT2D eigenvalue weighted by Crippen LogP contribution is -2.29. The molecule has 116 valence electrons. The van der Waals surface area contributed by atoms with Gasteiger partial charge >= 0.3 is 0 Å². The molecule has 0 aromatic heterocycles. The Morgan fingerprint density at radius 1 is 1.43 bits per heavy atom. The fraction of sp³-hybridized carbons (Fsp3) is 0.500. The van der Waals surface area contributed by atoms with Crippen molar-refractivity contribution in [3.8, 4) is 0 Å². The van der Waals surface area contributed by atoms with Crippen molar-refractivity contribution in [1.82, 2.24) is 4.72 Å². The molecule has 9 heteroatoms. The number of nitrogens with zero attached hydrogens (tertiary/aromatic N) is 1. The van der Waals surface area contributed by atoms with Gasteiger partial charge in [-0.2, -0.15) is 0 Å². The summed E-state index contributed by atoms with van der Waals surface area (Å²) >= 11 is 5.82. The summed E-state index contributed by atoms with van der Waals surface area (Å²) in [6, 6.07) is 3.27. The first-order valence-electron chi connectivity index (χ1n) is 6.41. The van der Waals surface area contributed by atoms with Crippen molar-refractivity contribution in [2.75, 3.05) is 6.54 Å². The second-order valence-electron chi connectivity index (χ2n) is 5.06. The third kappa shape index (κ3) is 3.91. The molecule has 0 aliphatic heterocycles. The van der Waals surface area contributed by atoms with Crippen molar-refractivity contribution in [1.29, 1.82) is 0 Å². The van der Waals surface area contributed by atoms with E-state index in [2.05, 4.69) is 4.72 Å². The van der Waals surface area contributed by atoms with E-state index in [1.165, 1.54) is 6.07 Å². The lowest BCUT2D eigenvalue weighted by molar-refractivity contribution is -0.385. The molecular formula is C12H15ClN2O5S. The van der Waals surface area contributed by atoms with Crippen LogP contribution in [0, 0.1) is 16.0 Å². The second-order valence-corrected chi connectivity index (χ2v) is 7.20. The van der Waals surface area contributed by atoms with Crippen molar-refractivity contribution < 1.29 is 18.4 Å². The molecule has 0 heterocycles. The van der Waals surface area contributed by atoms with E-state index in [0.29, 0.717) is 12.8 Å². The van der Waals surface area contributed by atoms with Crippen LogP contribution in [0.5, 0.6) is 0 Å². The van der Waals surface area contributed by atoms with Crippen molar-refractivity contribution in [3.63, 3.8) is 0 Å². The molecule has 2 rings (SSSR count). The highest BCUT2D eigenvalue weighted by atomic mass is 35.5. The smallest absolute Gasteiger partial charge is 0.270 e. The van der Waals surface area contributed by atoms with E-state index in [4.69, 9.17) is 11.6 Å². The fourth-order valence-electron chi connectivity index (χ4n) is 2.35. The Morgan fingerprint density at radius 2 is 2.14 bits per heavy atom. The third-order valence-corrected chi connectivity index (χ3v) is 5.40. The Balaban J connectivity index is 2.15. The van der Waals surface area contributed by atoms with E-state index < -0.39 is 14.9 Å². The number of aliphatic hydroxyl groups excluding tert-OH is 1. The number of hydrogen-bond acceptors (Lipinski definition) is 5. The molecule has 1 fully saturated rings. The van der Waals surface area contributed by atoms with Gasteiger partial charge in [-0.05, 0) is 31.2 Å². The molecular weight excluding hydrogens is 320 g/mol. The highest BCUT2D eigenvalue weighted by Crippen LogP contribution is 2.28. The van der Waals surface area contributed by atoms with Gasteiger partial charge in [0.05, 0.1) is 16.0 Å². The van der Waals surface area contributed by atoms with Crippen LogP contribution in [-0.2, 0) is 10.0 Å². The second kappa shape index (κ2) is 6.27. The summed E-state index contributed by atoms with van der Waals surface area (Å²) in [5, 5.41) is 20.1. The van der Waals surface area contributed by atoms with E-state index in [-0.39, 0.29) is 34.2 Å². The largest absolute Gasteiger partial charge is 0.393 e. The Bertz CT molecular complexity index is 649. The summed E-state index contributed by atoms with van der Waals surface area (Å²) < 4.78 is 26.8. The minimum atomic E-state index is -3.92. The minimum absolute atomic E-state index is 0.0623. The van der Waals surface area contributed by atoms with E-state index >= 15 is 0 Å². The molecule has 0 bridgehead atoms. The average molecular weight is 335 g/mol. The van der Waals surface area contributed by atoms with Crippen LogP contribution in [0.3, 0.4) is 0 Å². The fourth-order valence-corrected chi connectivity index (χ4v) is 3.98. The summed E-state index contributed by atoms with van der Waals surface area (Å²) in [4.78, 5) is 9.73. The van der Waals surface area contributed by atoms with Crippen LogP contribution in [-0.4, -0.2) is 31.1 Å². The van der Waals surface area contributed by atoms with Gasteiger partial charge in [0.1, 0.15) is 4.90 Å². The molecule has 0 radical (unpaired) electrons. The van der Waals surface area contributed by atoms with Crippen LogP contribution in [0.1, 0.15) is 19.3 Å². The van der Waals surface area contributed by atoms with Crippen LogP contribution in [0.4, 0.5) is 5.69 Å². The van der Waals surface area contributed by atoms with Crippen LogP contribution >= 0.6 is 11.6 Å². The quantitative estimate of drug-likeness (QED) is 0.629. The van der Waals surface area contributed by atoms with Crippen molar-refractivity contribution >= 4 is 27.3 Å². The van der Waals surface area contributed by atoms with Crippen molar-refractivity contribution in [2.24, 2.45) is 5.92 Å². The molecule has 1 aliphatic rings. The Labute approximate surface area is 127 Å². The maximum absolute atomic E-state index is 12.2. The van der Waals surface area contributed by atoms with Crippen LogP contribution < -0.4 is 4.72 Å². The van der Waals surface area contributed by atoms with E-state index in [0.717, 1.165) is 18.6 Å². The average Bonchev–Trinajstić information content (AvgIpc) is 2.82. The Kier molecular flexibility index (Phi) is 4.82. The molecule has 1 saturated carbocycles. The first-order valence-corrected chi connectivity index (χ1v) is 8.27. The lowest BCUT2D eigenvalue weighted by Gasteiger charge is -2.12.